The van der Waals surface area contributed by atoms with Gasteiger partial charge in [-0.05, 0) is 80.2 Å². The highest BCUT2D eigenvalue weighted by molar-refractivity contribution is 6.25. The first-order chi connectivity index (χ1) is 22.8. The van der Waals surface area contributed by atoms with Crippen LogP contribution in [-0.2, 0) is 29.1 Å². The van der Waals surface area contributed by atoms with Gasteiger partial charge < -0.3 is 36.2 Å². The first-order valence-electron chi connectivity index (χ1n) is 15.7. The summed E-state index contributed by atoms with van der Waals surface area (Å²) in [5.74, 6) is -6.35. The quantitative estimate of drug-likeness (QED) is 0.197. The van der Waals surface area contributed by atoms with Gasteiger partial charge in [0.05, 0.1) is 18.7 Å². The molecule has 0 radical (unpaired) electrons. The number of nitrogens with two attached hydrogens (primary N) is 1. The third kappa shape index (κ3) is 5.15. The number of ketones is 2. The van der Waals surface area contributed by atoms with E-state index in [1.165, 1.54) is 16.5 Å². The van der Waals surface area contributed by atoms with Gasteiger partial charge in [0, 0.05) is 30.1 Å². The van der Waals surface area contributed by atoms with Crippen LogP contribution >= 0.6 is 0 Å². The Balaban J connectivity index is 1.42. The number of benzene rings is 3. The van der Waals surface area contributed by atoms with Crippen LogP contribution in [0.3, 0.4) is 0 Å². The number of fused-ring (bicyclic) bond motifs is 3. The first-order valence-corrected chi connectivity index (χ1v) is 15.7. The number of aliphatic hydroxyl groups excluding tert-OH is 2. The van der Waals surface area contributed by atoms with Gasteiger partial charge in [0.2, 0.25) is 5.78 Å². The minimum atomic E-state index is -2.69. The van der Waals surface area contributed by atoms with Gasteiger partial charge >= 0.3 is 0 Å². The number of hydrogen-bond acceptors (Lipinski definition) is 10. The van der Waals surface area contributed by atoms with Crippen LogP contribution in [0.4, 0.5) is 0 Å². The van der Waals surface area contributed by atoms with Crippen LogP contribution in [0.25, 0.3) is 11.1 Å². The number of nitrogens with one attached hydrogen (secondary N) is 1. The molecule has 11 heteroatoms. The van der Waals surface area contributed by atoms with Crippen molar-refractivity contribution in [1.82, 2.24) is 10.2 Å². The second kappa shape index (κ2) is 12.2. The lowest BCUT2D eigenvalue weighted by Crippen LogP contribution is -2.63. The maximum atomic E-state index is 14.2. The molecule has 1 unspecified atom stereocenters. The van der Waals surface area contributed by atoms with Gasteiger partial charge in [0.25, 0.3) is 5.91 Å². The lowest BCUT2D eigenvalue weighted by molar-refractivity contribution is -0.148. The molecule has 3 aromatic carbocycles. The molecule has 0 spiro atoms. The fourth-order valence-corrected chi connectivity index (χ4v) is 7.75. The molecule has 11 nitrogen and oxygen atoms in total. The van der Waals surface area contributed by atoms with Crippen molar-refractivity contribution in [3.05, 3.63) is 105 Å². The number of Topliss-reactive ketones (excluding diaryl/α,β-unsaturated/α-hetero) is 2. The van der Waals surface area contributed by atoms with Crippen molar-refractivity contribution < 1.29 is 39.5 Å². The molecule has 7 N–H and O–H groups in total. The number of rotatable bonds is 8. The number of likely N-dealkylation sites (N-methyl/N-ethyl adjacent to an activating group) is 1. The van der Waals surface area contributed by atoms with E-state index in [0.29, 0.717) is 35.5 Å². The lowest BCUT2D eigenvalue weighted by atomic mass is 9.58. The maximum Gasteiger partial charge on any atom is 0.255 e. The number of aliphatic hydroxyl groups is 3. The summed E-state index contributed by atoms with van der Waals surface area (Å²) < 4.78 is 5.73. The zero-order valence-electron chi connectivity index (χ0n) is 27.2. The van der Waals surface area contributed by atoms with E-state index in [0.717, 1.165) is 11.1 Å². The molecule has 4 atom stereocenters. The number of methoxy groups -OCH3 is 1. The summed E-state index contributed by atoms with van der Waals surface area (Å²) in [4.78, 5) is 41.5. The zero-order chi connectivity index (χ0) is 34.7. The molecule has 0 aromatic heterocycles. The molecular formula is C37H39N3O8. The summed E-state index contributed by atoms with van der Waals surface area (Å²) >= 11 is 0. The molecular weight excluding hydrogens is 614 g/mol. The van der Waals surface area contributed by atoms with Gasteiger partial charge in [0.15, 0.2) is 11.4 Å². The second-order valence-electron chi connectivity index (χ2n) is 13.1. The fraction of sp³-hybridized carbons (Fsp3) is 0.324. The number of hydrogen-bond donors (Lipinski definition) is 6. The van der Waals surface area contributed by atoms with Crippen LogP contribution in [-0.4, -0.2) is 75.6 Å². The number of aryl methyl sites for hydroxylation is 1. The monoisotopic (exact) mass is 653 g/mol. The number of aromatic hydroxyl groups is 1. The summed E-state index contributed by atoms with van der Waals surface area (Å²) in [5.41, 5.74) is 6.80. The highest BCUT2D eigenvalue weighted by Gasteiger charge is 2.63. The van der Waals surface area contributed by atoms with Gasteiger partial charge in [-0.3, -0.25) is 19.3 Å². The molecule has 0 heterocycles. The SMILES string of the molecule is COc1ccc(CNCc2cccc(C)c2)cc1-c1ccc(O)c2c1C[C@H]1C[C@H]3C(N(C)C)C(O)=C(C(N)=O)C(=O)[C@@]3(O)C(O)=C1C2=O. The summed E-state index contributed by atoms with van der Waals surface area (Å²) in [6.07, 6.45) is 0.165. The van der Waals surface area contributed by atoms with Gasteiger partial charge in [-0.15, -0.1) is 0 Å². The van der Waals surface area contributed by atoms with Crippen LogP contribution in [0.5, 0.6) is 11.5 Å². The zero-order valence-corrected chi connectivity index (χ0v) is 27.2. The van der Waals surface area contributed by atoms with Crippen LogP contribution in [0.1, 0.15) is 39.0 Å². The number of amides is 1. The average Bonchev–Trinajstić information content (AvgIpc) is 3.02. The minimum Gasteiger partial charge on any atom is -0.510 e. The number of allylic oxidation sites excluding steroid dienone is 1. The largest absolute Gasteiger partial charge is 0.510 e. The van der Waals surface area contributed by atoms with E-state index >= 15 is 0 Å². The fourth-order valence-electron chi connectivity index (χ4n) is 7.75. The molecule has 1 amide bonds. The second-order valence-corrected chi connectivity index (χ2v) is 13.1. The highest BCUT2D eigenvalue weighted by Crippen LogP contribution is 2.53. The number of phenols is 1. The van der Waals surface area contributed by atoms with Gasteiger partial charge in [-0.25, -0.2) is 0 Å². The Morgan fingerprint density at radius 3 is 2.38 bits per heavy atom. The molecule has 0 aliphatic heterocycles. The van der Waals surface area contributed by atoms with E-state index in [1.807, 2.05) is 37.3 Å². The van der Waals surface area contributed by atoms with E-state index < -0.39 is 58.0 Å². The third-order valence-electron chi connectivity index (χ3n) is 9.90. The molecule has 250 valence electrons. The lowest BCUT2D eigenvalue weighted by Gasteiger charge is -2.50. The first kappa shape index (κ1) is 33.0. The topological polar surface area (TPSA) is 183 Å². The molecule has 6 rings (SSSR count). The normalized spacial score (nSPS) is 23.6. The van der Waals surface area contributed by atoms with Gasteiger partial charge in [-0.1, -0.05) is 42.0 Å². The number of carbonyl (C=O) groups excluding carboxylic acids is 3. The Bertz CT molecular complexity index is 1930. The molecule has 48 heavy (non-hydrogen) atoms. The number of primary amides is 1. The predicted molar refractivity (Wildman–Crippen MR) is 177 cm³/mol. The third-order valence-corrected chi connectivity index (χ3v) is 9.90. The highest BCUT2D eigenvalue weighted by atomic mass is 16.5. The number of nitrogens with zero attached hydrogens (tertiary/aromatic N) is 1. The summed E-state index contributed by atoms with van der Waals surface area (Å²) in [6.45, 7) is 3.27. The predicted octanol–water partition coefficient (Wildman–Crippen LogP) is 3.39. The van der Waals surface area contributed by atoms with Crippen molar-refractivity contribution in [2.75, 3.05) is 21.2 Å². The Kier molecular flexibility index (Phi) is 8.40. The Hall–Kier alpha value is -4.97. The number of phenolic OH excluding ortho intramolecular Hbond substituents is 1. The smallest absolute Gasteiger partial charge is 0.255 e. The van der Waals surface area contributed by atoms with E-state index in [2.05, 4.69) is 17.4 Å². The molecule has 0 bridgehead atoms. The van der Waals surface area contributed by atoms with E-state index in [9.17, 15) is 34.8 Å². The standard InChI is InChI=1S/C37H39N3O8/c1-18-6-5-7-19(12-18)16-39-17-20-8-11-27(48-4)23(13-20)22-9-10-26(41)29-24(22)14-21-15-25-31(40(2)3)33(43)30(36(38)46)35(45)37(25,47)34(44)28(21)32(29)42/h5-13,21,25,31,39,41,43-44,47H,14-17H2,1-4H3,(H2,38,46)/t21-,25-,31?,37-/m0/s1. The molecule has 0 saturated carbocycles. The molecule has 3 aliphatic rings. The van der Waals surface area contributed by atoms with E-state index in [4.69, 9.17) is 10.5 Å². The van der Waals surface area contributed by atoms with Crippen LogP contribution in [0, 0.1) is 18.8 Å². The molecule has 3 aromatic rings. The van der Waals surface area contributed by atoms with Crippen molar-refractivity contribution in [2.45, 2.75) is 44.5 Å². The summed E-state index contributed by atoms with van der Waals surface area (Å²) in [6, 6.07) is 16.1. The molecule has 0 fully saturated rings. The summed E-state index contributed by atoms with van der Waals surface area (Å²) in [5, 5.41) is 49.0. The van der Waals surface area contributed by atoms with Crippen LogP contribution < -0.4 is 15.8 Å². The Morgan fingerprint density at radius 2 is 1.73 bits per heavy atom. The Morgan fingerprint density at radius 1 is 1.02 bits per heavy atom. The Labute approximate surface area is 278 Å². The minimum absolute atomic E-state index is 0.000906. The van der Waals surface area contributed by atoms with Gasteiger partial charge in [-0.2, -0.15) is 0 Å². The average molecular weight is 654 g/mol. The van der Waals surface area contributed by atoms with Crippen molar-refractivity contribution >= 4 is 17.5 Å². The van der Waals surface area contributed by atoms with Crippen LogP contribution in [0.15, 0.2) is 77.3 Å². The van der Waals surface area contributed by atoms with Crippen molar-refractivity contribution in [1.29, 1.82) is 0 Å². The maximum absolute atomic E-state index is 14.2. The summed E-state index contributed by atoms with van der Waals surface area (Å²) in [7, 11) is 4.74. The van der Waals surface area contributed by atoms with Gasteiger partial charge in [0.1, 0.15) is 28.6 Å². The van der Waals surface area contributed by atoms with E-state index in [1.54, 1.807) is 27.3 Å². The van der Waals surface area contributed by atoms with Crippen molar-refractivity contribution in [3.63, 3.8) is 0 Å². The van der Waals surface area contributed by atoms with Crippen molar-refractivity contribution in [2.24, 2.45) is 17.6 Å². The number of carbonyl (C=O) groups is 3. The molecule has 3 aliphatic carbocycles. The number of ether oxygens (including phenoxy) is 1. The molecule has 0 saturated heterocycles. The van der Waals surface area contributed by atoms with Crippen LogP contribution in [0.2, 0.25) is 0 Å². The van der Waals surface area contributed by atoms with Crippen molar-refractivity contribution in [3.8, 4) is 22.6 Å². The van der Waals surface area contributed by atoms with E-state index in [-0.39, 0.29) is 29.7 Å².